The predicted octanol–water partition coefficient (Wildman–Crippen LogP) is 7.97. The van der Waals surface area contributed by atoms with Gasteiger partial charge in [0.1, 0.15) is 0 Å². The number of unbranched alkanes of at least 4 members (excludes halogenated alkanes) is 8. The number of hydrogen-bond donors (Lipinski definition) is 0. The van der Waals surface area contributed by atoms with Crippen LogP contribution < -0.4 is 0 Å². The van der Waals surface area contributed by atoms with E-state index in [1.807, 2.05) is 0 Å². The van der Waals surface area contributed by atoms with E-state index in [9.17, 15) is 9.59 Å². The highest BCUT2D eigenvalue weighted by Gasteiger charge is 2.45. The largest absolute Gasteiger partial charge is 0.465 e. The normalized spacial score (nSPS) is 12.2. The minimum atomic E-state index is -0.370. The molecule has 4 heteroatoms. The van der Waals surface area contributed by atoms with Gasteiger partial charge in [0.25, 0.3) is 0 Å². The molecular formula is C28H54O4. The molecule has 0 aromatic rings. The Hall–Kier alpha value is -1.06. The van der Waals surface area contributed by atoms with E-state index >= 15 is 0 Å². The lowest BCUT2D eigenvalue weighted by molar-refractivity contribution is -0.165. The quantitative estimate of drug-likeness (QED) is 0.147. The fourth-order valence-electron chi connectivity index (χ4n) is 4.45. The van der Waals surface area contributed by atoms with Gasteiger partial charge in [-0.25, -0.2) is 0 Å². The van der Waals surface area contributed by atoms with Crippen LogP contribution in [0.1, 0.15) is 126 Å². The van der Waals surface area contributed by atoms with Crippen molar-refractivity contribution >= 4 is 11.9 Å². The molecule has 0 heterocycles. The van der Waals surface area contributed by atoms with Gasteiger partial charge in [0.2, 0.25) is 0 Å². The van der Waals surface area contributed by atoms with Crippen molar-refractivity contribution in [2.24, 2.45) is 29.1 Å². The molecule has 0 aliphatic carbocycles. The molecule has 4 nitrogen and oxygen atoms in total. The fraction of sp³-hybridized carbons (Fsp3) is 0.929. The van der Waals surface area contributed by atoms with Crippen LogP contribution in [0.15, 0.2) is 0 Å². The molecule has 32 heavy (non-hydrogen) atoms. The van der Waals surface area contributed by atoms with Gasteiger partial charge < -0.3 is 9.47 Å². The summed E-state index contributed by atoms with van der Waals surface area (Å²) in [5.41, 5.74) is -0.370. The monoisotopic (exact) mass is 454 g/mol. The van der Waals surface area contributed by atoms with Crippen molar-refractivity contribution in [1.29, 1.82) is 0 Å². The first-order valence-electron chi connectivity index (χ1n) is 13.4. The second kappa shape index (κ2) is 17.4. The topological polar surface area (TPSA) is 52.6 Å². The summed E-state index contributed by atoms with van der Waals surface area (Å²) in [5.74, 6) is 1.30. The van der Waals surface area contributed by atoms with Gasteiger partial charge in [-0.15, -0.1) is 0 Å². The van der Waals surface area contributed by atoms with Crippen LogP contribution in [0.5, 0.6) is 0 Å². The lowest BCUT2D eigenvalue weighted by atomic mass is 9.66. The maximum Gasteiger partial charge on any atom is 0.312 e. The van der Waals surface area contributed by atoms with Gasteiger partial charge in [-0.1, -0.05) is 107 Å². The average molecular weight is 455 g/mol. The Morgan fingerprint density at radius 1 is 0.594 bits per heavy atom. The number of carbonyl (C=O) groups excluding carboxylic acids is 2. The molecule has 0 spiro atoms. The van der Waals surface area contributed by atoms with Crippen LogP contribution in [0.25, 0.3) is 0 Å². The number of ether oxygens (including phenoxy) is 2. The van der Waals surface area contributed by atoms with Gasteiger partial charge >= 0.3 is 11.9 Å². The van der Waals surface area contributed by atoms with E-state index in [0.29, 0.717) is 31.5 Å². The molecule has 0 saturated carbocycles. The van der Waals surface area contributed by atoms with Gasteiger partial charge in [-0.3, -0.25) is 9.59 Å². The second-order valence-corrected chi connectivity index (χ2v) is 11.1. The second-order valence-electron chi connectivity index (χ2n) is 11.1. The van der Waals surface area contributed by atoms with Crippen molar-refractivity contribution in [2.45, 2.75) is 126 Å². The van der Waals surface area contributed by atoms with Crippen molar-refractivity contribution in [3.63, 3.8) is 0 Å². The van der Waals surface area contributed by atoms with Crippen LogP contribution in [-0.4, -0.2) is 25.2 Å². The molecule has 0 aliphatic rings. The van der Waals surface area contributed by atoms with Crippen molar-refractivity contribution < 1.29 is 19.1 Å². The lowest BCUT2D eigenvalue weighted by Crippen LogP contribution is -2.43. The van der Waals surface area contributed by atoms with E-state index in [0.717, 1.165) is 25.7 Å². The van der Waals surface area contributed by atoms with E-state index in [2.05, 4.69) is 55.4 Å². The zero-order chi connectivity index (χ0) is 24.6. The van der Waals surface area contributed by atoms with Crippen molar-refractivity contribution in [2.75, 3.05) is 13.2 Å². The Morgan fingerprint density at radius 3 is 1.44 bits per heavy atom. The summed E-state index contributed by atoms with van der Waals surface area (Å²) in [6.45, 7) is 18.0. The van der Waals surface area contributed by atoms with Gasteiger partial charge in [0, 0.05) is 6.42 Å². The standard InChI is InChI=1S/C28H54O4/c1-22(2)20-31-26(29)18-16-14-12-10-9-11-13-15-17-19-28(24(5)6,25(7)8)27(30)32-21-23(3)4/h22-25H,9-21H2,1-8H3. The van der Waals surface area contributed by atoms with E-state index in [1.54, 1.807) is 0 Å². The van der Waals surface area contributed by atoms with Gasteiger partial charge in [-0.05, 0) is 36.5 Å². The third-order valence-electron chi connectivity index (χ3n) is 6.54. The minimum Gasteiger partial charge on any atom is -0.465 e. The smallest absolute Gasteiger partial charge is 0.312 e. The van der Waals surface area contributed by atoms with Crippen molar-refractivity contribution in [3.05, 3.63) is 0 Å². The van der Waals surface area contributed by atoms with Crippen molar-refractivity contribution in [3.8, 4) is 0 Å². The molecule has 0 saturated heterocycles. The van der Waals surface area contributed by atoms with E-state index in [4.69, 9.17) is 9.47 Å². The predicted molar refractivity (Wildman–Crippen MR) is 134 cm³/mol. The molecule has 0 aromatic carbocycles. The molecule has 0 radical (unpaired) electrons. The molecule has 0 bridgehead atoms. The Balaban J connectivity index is 4.03. The molecule has 0 aromatic heterocycles. The summed E-state index contributed by atoms with van der Waals surface area (Å²) in [7, 11) is 0. The van der Waals surface area contributed by atoms with Crippen LogP contribution in [0, 0.1) is 29.1 Å². The Labute approximate surface area is 199 Å². The van der Waals surface area contributed by atoms with Gasteiger partial charge in [-0.2, -0.15) is 0 Å². The third kappa shape index (κ3) is 12.8. The van der Waals surface area contributed by atoms with E-state index in [1.165, 1.54) is 38.5 Å². The van der Waals surface area contributed by atoms with Crippen LogP contribution in [0.4, 0.5) is 0 Å². The zero-order valence-electron chi connectivity index (χ0n) is 22.6. The molecule has 0 rings (SSSR count). The molecule has 0 amide bonds. The summed E-state index contributed by atoms with van der Waals surface area (Å²) in [6, 6.07) is 0. The molecule has 0 aliphatic heterocycles. The summed E-state index contributed by atoms with van der Waals surface area (Å²) in [4.78, 5) is 24.6. The lowest BCUT2D eigenvalue weighted by Gasteiger charge is -2.39. The molecule has 190 valence electrons. The number of carbonyl (C=O) groups is 2. The SMILES string of the molecule is CC(C)COC(=O)CCCCCCCCCCCC(C(=O)OCC(C)C)(C(C)C)C(C)C. The molecule has 0 atom stereocenters. The van der Waals surface area contributed by atoms with Gasteiger partial charge in [0.05, 0.1) is 18.6 Å². The van der Waals surface area contributed by atoms with E-state index in [-0.39, 0.29) is 29.2 Å². The van der Waals surface area contributed by atoms with Crippen LogP contribution in [0.2, 0.25) is 0 Å². The fourth-order valence-corrected chi connectivity index (χ4v) is 4.45. The molecule has 0 fully saturated rings. The highest BCUT2D eigenvalue weighted by molar-refractivity contribution is 5.77. The Bertz CT molecular complexity index is 486. The van der Waals surface area contributed by atoms with Gasteiger partial charge in [0.15, 0.2) is 0 Å². The average Bonchev–Trinajstić information content (AvgIpc) is 2.70. The number of hydrogen-bond acceptors (Lipinski definition) is 4. The first-order valence-corrected chi connectivity index (χ1v) is 13.4. The van der Waals surface area contributed by atoms with E-state index < -0.39 is 0 Å². The summed E-state index contributed by atoms with van der Waals surface area (Å²) >= 11 is 0. The minimum absolute atomic E-state index is 0.00397. The number of esters is 2. The van der Waals surface area contributed by atoms with Crippen molar-refractivity contribution in [1.82, 2.24) is 0 Å². The summed E-state index contributed by atoms with van der Waals surface area (Å²) in [6.07, 6.45) is 12.0. The third-order valence-corrected chi connectivity index (χ3v) is 6.54. The molecule has 0 N–H and O–H groups in total. The maximum absolute atomic E-state index is 13.0. The highest BCUT2D eigenvalue weighted by Crippen LogP contribution is 2.42. The van der Waals surface area contributed by atoms with Crippen LogP contribution in [-0.2, 0) is 19.1 Å². The molecular weight excluding hydrogens is 400 g/mol. The van der Waals surface area contributed by atoms with Crippen LogP contribution in [0.3, 0.4) is 0 Å². The highest BCUT2D eigenvalue weighted by atomic mass is 16.5. The maximum atomic E-state index is 13.0. The Kier molecular flexibility index (Phi) is 16.8. The first kappa shape index (κ1) is 30.9. The number of rotatable bonds is 19. The molecule has 0 unspecified atom stereocenters. The summed E-state index contributed by atoms with van der Waals surface area (Å²) < 4.78 is 10.9. The Morgan fingerprint density at radius 2 is 1.00 bits per heavy atom. The first-order chi connectivity index (χ1) is 15.0. The van der Waals surface area contributed by atoms with Crippen LogP contribution >= 0.6 is 0 Å². The summed E-state index contributed by atoms with van der Waals surface area (Å²) in [5, 5.41) is 0. The zero-order valence-corrected chi connectivity index (χ0v) is 22.6.